The van der Waals surface area contributed by atoms with Gasteiger partial charge in [-0.2, -0.15) is 0 Å². The molecule has 0 aliphatic carbocycles. The van der Waals surface area contributed by atoms with Crippen molar-refractivity contribution in [3.63, 3.8) is 0 Å². The third-order valence-electron chi connectivity index (χ3n) is 4.14. The Labute approximate surface area is 142 Å². The molecule has 1 heterocycles. The van der Waals surface area contributed by atoms with Gasteiger partial charge in [0, 0.05) is 25.8 Å². The molecule has 0 bridgehead atoms. The summed E-state index contributed by atoms with van der Waals surface area (Å²) < 4.78 is 11.2. The molecule has 1 amide bonds. The van der Waals surface area contributed by atoms with Crippen LogP contribution < -0.4 is 15.4 Å². The molecule has 0 spiro atoms. The lowest BCUT2D eigenvalue weighted by Gasteiger charge is -2.14. The number of carbonyl (C=O) groups is 1. The van der Waals surface area contributed by atoms with E-state index in [0.717, 1.165) is 17.1 Å². The van der Waals surface area contributed by atoms with Crippen LogP contribution in [-0.2, 0) is 16.1 Å². The second-order valence-corrected chi connectivity index (χ2v) is 5.79. The molecular formula is C19H22N2O3. The molecule has 5 nitrogen and oxygen atoms in total. The molecule has 0 unspecified atom stereocenters. The number of hydrogen-bond donors (Lipinski definition) is 2. The Balaban J connectivity index is 1.60. The van der Waals surface area contributed by atoms with E-state index in [2.05, 4.69) is 10.6 Å². The van der Waals surface area contributed by atoms with E-state index in [4.69, 9.17) is 9.47 Å². The summed E-state index contributed by atoms with van der Waals surface area (Å²) >= 11 is 0. The lowest BCUT2D eigenvalue weighted by Crippen LogP contribution is -2.40. The second kappa shape index (κ2) is 7.95. The largest absolute Gasteiger partial charge is 0.457 e. The third kappa shape index (κ3) is 4.13. The van der Waals surface area contributed by atoms with Gasteiger partial charge in [0.1, 0.15) is 11.5 Å². The summed E-state index contributed by atoms with van der Waals surface area (Å²) in [5, 5.41) is 6.15. The van der Waals surface area contributed by atoms with E-state index < -0.39 is 0 Å². The number of hydrogen-bond acceptors (Lipinski definition) is 4. The molecule has 24 heavy (non-hydrogen) atoms. The molecule has 0 aromatic heterocycles. The molecule has 5 heteroatoms. The van der Waals surface area contributed by atoms with Crippen LogP contribution in [0.1, 0.15) is 12.0 Å². The Hall–Kier alpha value is -2.37. The third-order valence-corrected chi connectivity index (χ3v) is 4.14. The number of ether oxygens (including phenoxy) is 2. The number of methoxy groups -OCH3 is 1. The summed E-state index contributed by atoms with van der Waals surface area (Å²) in [6.45, 7) is 1.14. The number of carbonyl (C=O) groups excluding carboxylic acids is 1. The summed E-state index contributed by atoms with van der Waals surface area (Å²) in [6.07, 6.45) is 0.805. The molecule has 1 saturated heterocycles. The monoisotopic (exact) mass is 326 g/mol. The maximum Gasteiger partial charge on any atom is 0.237 e. The van der Waals surface area contributed by atoms with Gasteiger partial charge in [0.05, 0.1) is 12.1 Å². The number of rotatable bonds is 6. The SMILES string of the molecule is CO[C@@H]1CN[C@H](C(=O)NCc2ccccc2Oc2ccccc2)C1. The average Bonchev–Trinajstić information content (AvgIpc) is 3.11. The molecule has 2 aromatic carbocycles. The number of amides is 1. The fourth-order valence-electron chi connectivity index (χ4n) is 2.75. The van der Waals surface area contributed by atoms with Crippen LogP contribution in [0.3, 0.4) is 0 Å². The van der Waals surface area contributed by atoms with E-state index in [9.17, 15) is 4.79 Å². The van der Waals surface area contributed by atoms with Crippen molar-refractivity contribution in [3.05, 3.63) is 60.2 Å². The maximum absolute atomic E-state index is 12.3. The molecule has 2 atom stereocenters. The first-order valence-electron chi connectivity index (χ1n) is 8.11. The topological polar surface area (TPSA) is 59.6 Å². The Morgan fingerprint density at radius 2 is 1.92 bits per heavy atom. The van der Waals surface area contributed by atoms with Crippen molar-refractivity contribution in [2.45, 2.75) is 25.1 Å². The summed E-state index contributed by atoms with van der Waals surface area (Å²) in [7, 11) is 1.67. The van der Waals surface area contributed by atoms with Crippen LogP contribution in [-0.4, -0.2) is 31.7 Å². The molecule has 2 N–H and O–H groups in total. The van der Waals surface area contributed by atoms with Gasteiger partial charge in [-0.3, -0.25) is 4.79 Å². The van der Waals surface area contributed by atoms with E-state index in [-0.39, 0.29) is 18.1 Å². The highest BCUT2D eigenvalue weighted by molar-refractivity contribution is 5.82. The minimum absolute atomic E-state index is 0.0101. The lowest BCUT2D eigenvalue weighted by atomic mass is 10.1. The lowest BCUT2D eigenvalue weighted by molar-refractivity contribution is -0.123. The van der Waals surface area contributed by atoms with Gasteiger partial charge >= 0.3 is 0 Å². The summed E-state index contributed by atoms with van der Waals surface area (Å²) in [5.74, 6) is 1.51. The first-order valence-corrected chi connectivity index (χ1v) is 8.11. The van der Waals surface area contributed by atoms with E-state index in [1.807, 2.05) is 54.6 Å². The molecule has 1 aliphatic heterocycles. The zero-order valence-corrected chi connectivity index (χ0v) is 13.7. The Morgan fingerprint density at radius 3 is 2.67 bits per heavy atom. The fourth-order valence-corrected chi connectivity index (χ4v) is 2.75. The van der Waals surface area contributed by atoms with Crippen LogP contribution in [0.15, 0.2) is 54.6 Å². The predicted molar refractivity (Wildman–Crippen MR) is 92.0 cm³/mol. The van der Waals surface area contributed by atoms with Crippen molar-refractivity contribution in [1.29, 1.82) is 0 Å². The standard InChI is InChI=1S/C19H22N2O3/c1-23-16-11-17(20-13-16)19(22)21-12-14-7-5-6-10-18(14)24-15-8-3-2-4-9-15/h2-10,16-17,20H,11-13H2,1H3,(H,21,22)/t16-,17-/m0/s1. The quantitative estimate of drug-likeness (QED) is 0.856. The van der Waals surface area contributed by atoms with Crippen LogP contribution >= 0.6 is 0 Å². The minimum Gasteiger partial charge on any atom is -0.457 e. The molecule has 1 fully saturated rings. The van der Waals surface area contributed by atoms with Gasteiger partial charge in [-0.1, -0.05) is 36.4 Å². The van der Waals surface area contributed by atoms with Gasteiger partial charge in [0.15, 0.2) is 0 Å². The van der Waals surface area contributed by atoms with Crippen molar-refractivity contribution in [1.82, 2.24) is 10.6 Å². The maximum atomic E-state index is 12.3. The van der Waals surface area contributed by atoms with E-state index in [0.29, 0.717) is 19.5 Å². The van der Waals surface area contributed by atoms with Crippen molar-refractivity contribution in [2.75, 3.05) is 13.7 Å². The molecule has 0 radical (unpaired) electrons. The van der Waals surface area contributed by atoms with Gasteiger partial charge < -0.3 is 20.1 Å². The number of nitrogens with one attached hydrogen (secondary N) is 2. The van der Waals surface area contributed by atoms with Crippen molar-refractivity contribution in [3.8, 4) is 11.5 Å². The molecule has 0 saturated carbocycles. The zero-order chi connectivity index (χ0) is 16.8. The van der Waals surface area contributed by atoms with Crippen molar-refractivity contribution < 1.29 is 14.3 Å². The first-order chi connectivity index (χ1) is 11.8. The Bertz CT molecular complexity index is 675. The van der Waals surface area contributed by atoms with Crippen LogP contribution in [0, 0.1) is 0 Å². The zero-order valence-electron chi connectivity index (χ0n) is 13.7. The van der Waals surface area contributed by atoms with Crippen LogP contribution in [0.2, 0.25) is 0 Å². The van der Waals surface area contributed by atoms with Crippen LogP contribution in [0.25, 0.3) is 0 Å². The van der Waals surface area contributed by atoms with E-state index >= 15 is 0 Å². The van der Waals surface area contributed by atoms with Crippen molar-refractivity contribution in [2.24, 2.45) is 0 Å². The summed E-state index contributed by atoms with van der Waals surface area (Å²) in [5.41, 5.74) is 0.941. The van der Waals surface area contributed by atoms with Crippen molar-refractivity contribution >= 4 is 5.91 Å². The first kappa shape index (κ1) is 16.5. The minimum atomic E-state index is -0.197. The number of benzene rings is 2. The Kier molecular flexibility index (Phi) is 5.46. The van der Waals surface area contributed by atoms with Gasteiger partial charge in [0.25, 0.3) is 0 Å². The van der Waals surface area contributed by atoms with Crippen LogP contribution in [0.5, 0.6) is 11.5 Å². The normalized spacial score (nSPS) is 19.9. The molecule has 2 aromatic rings. The second-order valence-electron chi connectivity index (χ2n) is 5.79. The smallest absolute Gasteiger partial charge is 0.237 e. The highest BCUT2D eigenvalue weighted by Crippen LogP contribution is 2.25. The summed E-state index contributed by atoms with van der Waals surface area (Å²) in [4.78, 5) is 12.3. The molecular weight excluding hydrogens is 304 g/mol. The highest BCUT2D eigenvalue weighted by atomic mass is 16.5. The fraction of sp³-hybridized carbons (Fsp3) is 0.316. The van der Waals surface area contributed by atoms with E-state index in [1.165, 1.54) is 0 Å². The molecule has 3 rings (SSSR count). The van der Waals surface area contributed by atoms with Gasteiger partial charge in [-0.15, -0.1) is 0 Å². The van der Waals surface area contributed by atoms with Gasteiger partial charge in [0.2, 0.25) is 5.91 Å². The van der Waals surface area contributed by atoms with Crippen LogP contribution in [0.4, 0.5) is 0 Å². The molecule has 1 aliphatic rings. The van der Waals surface area contributed by atoms with Gasteiger partial charge in [-0.05, 0) is 24.6 Å². The predicted octanol–water partition coefficient (Wildman–Crippen LogP) is 2.47. The van der Waals surface area contributed by atoms with E-state index in [1.54, 1.807) is 7.11 Å². The van der Waals surface area contributed by atoms with Gasteiger partial charge in [-0.25, -0.2) is 0 Å². The summed E-state index contributed by atoms with van der Waals surface area (Å²) in [6, 6.07) is 17.1. The molecule has 126 valence electrons. The number of para-hydroxylation sites is 2. The average molecular weight is 326 g/mol. The highest BCUT2D eigenvalue weighted by Gasteiger charge is 2.29. The Morgan fingerprint density at radius 1 is 1.17 bits per heavy atom.